The minimum Gasteiger partial charge on any atom is -0.457 e. The second-order valence-corrected chi connectivity index (χ2v) is 13.2. The molecule has 2 aliphatic heterocycles. The molecule has 2 unspecified atom stereocenters. The van der Waals surface area contributed by atoms with Crippen molar-refractivity contribution >= 4 is 5.84 Å². The van der Waals surface area contributed by atoms with Crippen LogP contribution < -0.4 is 15.4 Å². The van der Waals surface area contributed by atoms with Gasteiger partial charge in [-0.05, 0) is 62.7 Å². The first-order chi connectivity index (χ1) is 24.8. The maximum Gasteiger partial charge on any atom is 0.132 e. The van der Waals surface area contributed by atoms with Gasteiger partial charge >= 0.3 is 0 Å². The highest BCUT2D eigenvalue weighted by Crippen LogP contribution is 2.62. The van der Waals surface area contributed by atoms with Gasteiger partial charge < -0.3 is 10.1 Å². The van der Waals surface area contributed by atoms with E-state index in [1.54, 1.807) is 0 Å². The molecule has 0 saturated carbocycles. The van der Waals surface area contributed by atoms with Gasteiger partial charge in [-0.1, -0.05) is 158 Å². The Hall–Kier alpha value is -6.23. The molecule has 238 valence electrons. The Morgan fingerprint density at radius 2 is 1.04 bits per heavy atom. The molecule has 10 rings (SSSR count). The Bertz CT molecular complexity index is 2370. The van der Waals surface area contributed by atoms with Crippen molar-refractivity contribution in [3.05, 3.63) is 215 Å². The maximum absolute atomic E-state index is 6.53. The molecule has 0 radical (unpaired) electrons. The Balaban J connectivity index is 1.06. The van der Waals surface area contributed by atoms with Crippen LogP contribution in [0.2, 0.25) is 0 Å². The van der Waals surface area contributed by atoms with Crippen LogP contribution in [0.4, 0.5) is 0 Å². The predicted octanol–water partition coefficient (Wildman–Crippen LogP) is 10.2. The topological polar surface area (TPSA) is 45.7 Å². The molecule has 0 amide bonds. The first-order valence-electron chi connectivity index (χ1n) is 17.2. The summed E-state index contributed by atoms with van der Waals surface area (Å²) in [6, 6.07) is 62.6. The second-order valence-electron chi connectivity index (χ2n) is 13.2. The third kappa shape index (κ3) is 4.39. The number of nitrogens with one attached hydrogen (secondary N) is 2. The molecule has 0 saturated heterocycles. The van der Waals surface area contributed by atoms with Gasteiger partial charge in [-0.15, -0.1) is 0 Å². The Morgan fingerprint density at radius 1 is 0.460 bits per heavy atom. The van der Waals surface area contributed by atoms with E-state index in [-0.39, 0.29) is 12.3 Å². The van der Waals surface area contributed by atoms with Gasteiger partial charge in [-0.2, -0.15) is 0 Å². The number of para-hydroxylation sites is 2. The van der Waals surface area contributed by atoms with Crippen LogP contribution in [0.1, 0.15) is 51.3 Å². The quantitative estimate of drug-likeness (QED) is 0.201. The van der Waals surface area contributed by atoms with Gasteiger partial charge in [-0.25, -0.2) is 4.99 Å². The van der Waals surface area contributed by atoms with E-state index in [9.17, 15) is 0 Å². The van der Waals surface area contributed by atoms with E-state index >= 15 is 0 Å². The maximum atomic E-state index is 6.53. The van der Waals surface area contributed by atoms with Crippen LogP contribution in [0.3, 0.4) is 0 Å². The van der Waals surface area contributed by atoms with Crippen molar-refractivity contribution in [3.63, 3.8) is 0 Å². The van der Waals surface area contributed by atoms with Gasteiger partial charge in [0.15, 0.2) is 0 Å². The summed E-state index contributed by atoms with van der Waals surface area (Å²) in [7, 11) is 0. The first-order valence-corrected chi connectivity index (χ1v) is 17.2. The van der Waals surface area contributed by atoms with Gasteiger partial charge in [0.2, 0.25) is 0 Å². The number of ether oxygens (including phenoxy) is 1. The van der Waals surface area contributed by atoms with Crippen LogP contribution in [0.25, 0.3) is 22.3 Å². The minimum absolute atomic E-state index is 0.116. The highest BCUT2D eigenvalue weighted by Gasteiger charge is 2.51. The van der Waals surface area contributed by atoms with Gasteiger partial charge in [-0.3, -0.25) is 5.32 Å². The molecule has 0 bridgehead atoms. The summed E-state index contributed by atoms with van der Waals surface area (Å²) in [5.41, 5.74) is 12.7. The molecule has 0 aromatic heterocycles. The fourth-order valence-electron chi connectivity index (χ4n) is 8.18. The molecule has 7 aromatic carbocycles. The smallest absolute Gasteiger partial charge is 0.132 e. The fraction of sp³-hybridized carbons (Fsp3) is 0.0652. The highest BCUT2D eigenvalue weighted by atomic mass is 16.5. The van der Waals surface area contributed by atoms with Crippen LogP contribution in [0.5, 0.6) is 11.5 Å². The SMILES string of the molecule is c1ccc(C2=NC(c3ccccc3)NC(c3ccc(-c4ccc5c(c4)C4(c6ccccc6Oc6ccccc64)c4ccccc4-5)cc3)N2)cc1. The summed E-state index contributed by atoms with van der Waals surface area (Å²) in [6.07, 6.45) is -0.285. The average Bonchev–Trinajstić information content (AvgIpc) is 3.48. The summed E-state index contributed by atoms with van der Waals surface area (Å²) in [4.78, 5) is 5.07. The average molecular weight is 644 g/mol. The molecule has 50 heavy (non-hydrogen) atoms. The van der Waals surface area contributed by atoms with Crippen molar-refractivity contribution in [1.82, 2.24) is 10.6 Å². The lowest BCUT2D eigenvalue weighted by atomic mass is 9.66. The Morgan fingerprint density at radius 3 is 1.76 bits per heavy atom. The number of hydrogen-bond acceptors (Lipinski definition) is 4. The lowest BCUT2D eigenvalue weighted by molar-refractivity contribution is 0.409. The first kappa shape index (κ1) is 28.8. The largest absolute Gasteiger partial charge is 0.457 e. The van der Waals surface area contributed by atoms with Crippen molar-refractivity contribution in [2.75, 3.05) is 0 Å². The van der Waals surface area contributed by atoms with Crippen LogP contribution >= 0.6 is 0 Å². The number of fused-ring (bicyclic) bond motifs is 9. The molecule has 2 heterocycles. The molecule has 2 atom stereocenters. The molecule has 2 N–H and O–H groups in total. The summed E-state index contributed by atoms with van der Waals surface area (Å²) in [5.74, 6) is 2.69. The monoisotopic (exact) mass is 643 g/mol. The van der Waals surface area contributed by atoms with E-state index in [1.165, 1.54) is 44.5 Å². The lowest BCUT2D eigenvalue weighted by Crippen LogP contribution is -2.44. The number of amidine groups is 1. The molecular weight excluding hydrogens is 611 g/mol. The van der Waals surface area contributed by atoms with Crippen molar-refractivity contribution < 1.29 is 4.74 Å². The predicted molar refractivity (Wildman–Crippen MR) is 200 cm³/mol. The molecule has 3 aliphatic rings. The molecular formula is C46H33N3O. The normalized spacial score (nSPS) is 17.7. The van der Waals surface area contributed by atoms with Crippen molar-refractivity contribution in [2.24, 2.45) is 4.99 Å². The third-order valence-corrected chi connectivity index (χ3v) is 10.5. The number of nitrogens with zero attached hydrogens (tertiary/aromatic N) is 1. The minimum atomic E-state index is -0.483. The second kappa shape index (κ2) is 11.4. The molecule has 7 aromatic rings. The summed E-state index contributed by atoms with van der Waals surface area (Å²) in [6.45, 7) is 0. The van der Waals surface area contributed by atoms with E-state index in [1.807, 2.05) is 12.1 Å². The zero-order valence-electron chi connectivity index (χ0n) is 27.3. The molecule has 0 fully saturated rings. The van der Waals surface area contributed by atoms with Crippen LogP contribution in [-0.4, -0.2) is 5.84 Å². The number of benzene rings is 7. The van der Waals surface area contributed by atoms with Crippen LogP contribution in [0, 0.1) is 0 Å². The molecule has 1 aliphatic carbocycles. The van der Waals surface area contributed by atoms with E-state index in [4.69, 9.17) is 9.73 Å². The number of hydrogen-bond donors (Lipinski definition) is 2. The third-order valence-electron chi connectivity index (χ3n) is 10.5. The van der Waals surface area contributed by atoms with E-state index < -0.39 is 5.41 Å². The van der Waals surface area contributed by atoms with Gasteiger partial charge in [0, 0.05) is 16.7 Å². The van der Waals surface area contributed by atoms with Crippen molar-refractivity contribution in [2.45, 2.75) is 17.7 Å². The fourth-order valence-corrected chi connectivity index (χ4v) is 8.18. The number of aliphatic imine (C=N–C) groups is 1. The number of rotatable bonds is 4. The molecule has 1 spiro atoms. The zero-order chi connectivity index (χ0) is 33.1. The van der Waals surface area contributed by atoms with E-state index in [0.29, 0.717) is 0 Å². The van der Waals surface area contributed by atoms with Crippen LogP contribution in [0.15, 0.2) is 181 Å². The summed E-state index contributed by atoms with van der Waals surface area (Å²) in [5, 5.41) is 7.41. The van der Waals surface area contributed by atoms with Crippen molar-refractivity contribution in [3.8, 4) is 33.8 Å². The lowest BCUT2D eigenvalue weighted by Gasteiger charge is -2.39. The van der Waals surface area contributed by atoms with E-state index in [2.05, 4.69) is 174 Å². The summed E-state index contributed by atoms with van der Waals surface area (Å²) < 4.78 is 6.53. The van der Waals surface area contributed by atoms with E-state index in [0.717, 1.165) is 34.0 Å². The van der Waals surface area contributed by atoms with Gasteiger partial charge in [0.1, 0.15) is 29.7 Å². The highest BCUT2D eigenvalue weighted by molar-refractivity contribution is 5.99. The van der Waals surface area contributed by atoms with Gasteiger partial charge in [0.25, 0.3) is 0 Å². The molecule has 4 heteroatoms. The zero-order valence-corrected chi connectivity index (χ0v) is 27.3. The Kier molecular flexibility index (Phi) is 6.58. The van der Waals surface area contributed by atoms with Crippen LogP contribution in [-0.2, 0) is 5.41 Å². The van der Waals surface area contributed by atoms with Crippen molar-refractivity contribution in [1.29, 1.82) is 0 Å². The van der Waals surface area contributed by atoms with Gasteiger partial charge in [0.05, 0.1) is 5.41 Å². The Labute approximate surface area is 291 Å². The summed E-state index contributed by atoms with van der Waals surface area (Å²) >= 11 is 0. The standard InChI is InChI=1S/C46H33N3O/c1-3-13-31(14-4-1)43-47-44(32-15-5-2-6-16-32)49-45(48-43)33-25-23-30(24-26-33)34-27-28-36-35-17-7-8-18-37(35)46(40(36)29-34)38-19-9-11-21-41(38)50-42-22-12-10-20-39(42)46/h1-29,43,45,48H,(H,47,49). The molecule has 4 nitrogen and oxygen atoms in total.